The fraction of sp³-hybridized carbons (Fsp3) is 0.400. The third kappa shape index (κ3) is 5.05. The third-order valence-corrected chi connectivity index (χ3v) is 6.08. The predicted octanol–water partition coefficient (Wildman–Crippen LogP) is 3.61. The molecule has 0 aliphatic carbocycles. The summed E-state index contributed by atoms with van der Waals surface area (Å²) in [6, 6.07) is 8.44. The number of thioether (sulfide) groups is 2. The number of carbonyl (C=O) groups excluding carboxylic acids is 1. The molecule has 0 saturated carbocycles. The predicted molar refractivity (Wildman–Crippen MR) is 115 cm³/mol. The van der Waals surface area contributed by atoms with E-state index in [1.807, 2.05) is 20.1 Å². The molecule has 2 aromatic heterocycles. The van der Waals surface area contributed by atoms with Crippen LogP contribution >= 0.6 is 23.5 Å². The van der Waals surface area contributed by atoms with Crippen LogP contribution in [0.25, 0.3) is 5.78 Å². The molecule has 3 aromatic rings. The minimum absolute atomic E-state index is 0.0618. The van der Waals surface area contributed by atoms with Gasteiger partial charge in [-0.15, -0.1) is 16.9 Å². The SMILES string of the molecule is CSc1nc2nc(C)c(CCC(=O)NCCSc3ccc(C)cc3)c(C)n2n1. The van der Waals surface area contributed by atoms with Gasteiger partial charge in [0.05, 0.1) is 0 Å². The monoisotopic (exact) mass is 415 g/mol. The number of carbonyl (C=O) groups is 1. The summed E-state index contributed by atoms with van der Waals surface area (Å²) >= 11 is 3.25. The minimum atomic E-state index is 0.0618. The van der Waals surface area contributed by atoms with Crippen LogP contribution < -0.4 is 5.32 Å². The fourth-order valence-corrected chi connectivity index (χ4v) is 4.06. The molecule has 0 spiro atoms. The second kappa shape index (κ2) is 9.43. The highest BCUT2D eigenvalue weighted by molar-refractivity contribution is 7.99. The van der Waals surface area contributed by atoms with Crippen LogP contribution in [-0.2, 0) is 11.2 Å². The molecule has 3 rings (SSSR count). The van der Waals surface area contributed by atoms with Crippen LogP contribution in [0.5, 0.6) is 0 Å². The summed E-state index contributed by atoms with van der Waals surface area (Å²) in [7, 11) is 0. The Labute approximate surface area is 173 Å². The average Bonchev–Trinajstić information content (AvgIpc) is 3.10. The molecule has 1 N–H and O–H groups in total. The van der Waals surface area contributed by atoms with E-state index in [1.54, 1.807) is 16.3 Å². The Morgan fingerprint density at radius 3 is 2.61 bits per heavy atom. The highest BCUT2D eigenvalue weighted by Crippen LogP contribution is 2.19. The zero-order chi connectivity index (χ0) is 20.1. The summed E-state index contributed by atoms with van der Waals surface area (Å²) in [5.74, 6) is 1.53. The van der Waals surface area contributed by atoms with Gasteiger partial charge in [-0.2, -0.15) is 4.98 Å². The van der Waals surface area contributed by atoms with Crippen molar-refractivity contribution < 1.29 is 4.79 Å². The van der Waals surface area contributed by atoms with E-state index in [9.17, 15) is 4.79 Å². The standard InChI is InChI=1S/C20H25N5OS2/c1-13-5-7-16(8-6-13)28-12-11-21-18(26)10-9-17-14(2)22-19-23-20(27-4)24-25(19)15(17)3/h5-8H,9-12H2,1-4H3,(H,21,26). The van der Waals surface area contributed by atoms with Crippen LogP contribution in [0.3, 0.4) is 0 Å². The van der Waals surface area contributed by atoms with Crippen molar-refractivity contribution >= 4 is 35.2 Å². The van der Waals surface area contributed by atoms with Crippen LogP contribution in [0.1, 0.15) is 28.9 Å². The molecular weight excluding hydrogens is 390 g/mol. The molecule has 6 nitrogen and oxygen atoms in total. The Balaban J connectivity index is 1.50. The van der Waals surface area contributed by atoms with Crippen molar-refractivity contribution in [2.45, 2.75) is 43.7 Å². The van der Waals surface area contributed by atoms with Crippen molar-refractivity contribution in [2.24, 2.45) is 0 Å². The third-order valence-electron chi connectivity index (χ3n) is 4.53. The van der Waals surface area contributed by atoms with E-state index in [0.717, 1.165) is 22.7 Å². The molecular formula is C20H25N5OS2. The van der Waals surface area contributed by atoms with Gasteiger partial charge in [0.15, 0.2) is 0 Å². The maximum atomic E-state index is 12.2. The first-order valence-corrected chi connectivity index (χ1v) is 11.4. The first-order valence-electron chi connectivity index (χ1n) is 9.21. The lowest BCUT2D eigenvalue weighted by Gasteiger charge is -2.10. The Morgan fingerprint density at radius 1 is 1.14 bits per heavy atom. The van der Waals surface area contributed by atoms with E-state index < -0.39 is 0 Å². The molecule has 1 aromatic carbocycles. The van der Waals surface area contributed by atoms with Gasteiger partial charge in [-0.25, -0.2) is 9.50 Å². The molecule has 1 amide bonds. The van der Waals surface area contributed by atoms with Crippen molar-refractivity contribution in [1.29, 1.82) is 0 Å². The molecule has 28 heavy (non-hydrogen) atoms. The number of hydrogen-bond donors (Lipinski definition) is 1. The topological polar surface area (TPSA) is 72.2 Å². The Morgan fingerprint density at radius 2 is 1.89 bits per heavy atom. The smallest absolute Gasteiger partial charge is 0.253 e. The van der Waals surface area contributed by atoms with Gasteiger partial charge in [-0.05, 0) is 51.1 Å². The number of fused-ring (bicyclic) bond motifs is 1. The number of aryl methyl sites for hydroxylation is 3. The van der Waals surface area contributed by atoms with E-state index in [-0.39, 0.29) is 5.91 Å². The molecule has 0 aliphatic rings. The molecule has 8 heteroatoms. The van der Waals surface area contributed by atoms with E-state index >= 15 is 0 Å². The summed E-state index contributed by atoms with van der Waals surface area (Å²) in [5, 5.41) is 8.17. The van der Waals surface area contributed by atoms with E-state index in [1.165, 1.54) is 22.2 Å². The Bertz CT molecular complexity index is 969. The average molecular weight is 416 g/mol. The lowest BCUT2D eigenvalue weighted by molar-refractivity contribution is -0.120. The molecule has 0 aliphatic heterocycles. The maximum absolute atomic E-state index is 12.2. The number of aromatic nitrogens is 4. The number of benzene rings is 1. The molecule has 0 radical (unpaired) electrons. The minimum Gasteiger partial charge on any atom is -0.355 e. The molecule has 2 heterocycles. The van der Waals surface area contributed by atoms with Crippen LogP contribution in [-0.4, -0.2) is 44.0 Å². The first kappa shape index (κ1) is 20.7. The van der Waals surface area contributed by atoms with Gasteiger partial charge in [0.2, 0.25) is 11.1 Å². The van der Waals surface area contributed by atoms with Gasteiger partial charge >= 0.3 is 0 Å². The highest BCUT2D eigenvalue weighted by atomic mass is 32.2. The van der Waals surface area contributed by atoms with Gasteiger partial charge < -0.3 is 5.32 Å². The van der Waals surface area contributed by atoms with Gasteiger partial charge in [0.1, 0.15) is 0 Å². The number of rotatable bonds is 8. The Hall–Kier alpha value is -2.06. The maximum Gasteiger partial charge on any atom is 0.253 e. The van der Waals surface area contributed by atoms with Gasteiger partial charge in [0.25, 0.3) is 5.78 Å². The zero-order valence-electron chi connectivity index (χ0n) is 16.7. The molecule has 0 saturated heterocycles. The van der Waals surface area contributed by atoms with Crippen LogP contribution in [0.4, 0.5) is 0 Å². The van der Waals surface area contributed by atoms with E-state index in [0.29, 0.717) is 30.3 Å². The van der Waals surface area contributed by atoms with E-state index in [2.05, 4.69) is 51.6 Å². The van der Waals surface area contributed by atoms with Crippen LogP contribution in [0.2, 0.25) is 0 Å². The van der Waals surface area contributed by atoms with Gasteiger partial charge in [0, 0.05) is 35.0 Å². The number of amides is 1. The second-order valence-electron chi connectivity index (χ2n) is 6.58. The van der Waals surface area contributed by atoms with Crippen LogP contribution in [0.15, 0.2) is 34.3 Å². The van der Waals surface area contributed by atoms with Crippen molar-refractivity contribution in [1.82, 2.24) is 24.9 Å². The van der Waals surface area contributed by atoms with E-state index in [4.69, 9.17) is 0 Å². The molecule has 0 bridgehead atoms. The normalized spacial score (nSPS) is 11.1. The quantitative estimate of drug-likeness (QED) is 0.448. The van der Waals surface area contributed by atoms with Crippen molar-refractivity contribution in [2.75, 3.05) is 18.6 Å². The Kier molecular flexibility index (Phi) is 6.96. The summed E-state index contributed by atoms with van der Waals surface area (Å²) in [6.45, 7) is 6.71. The molecule has 0 fully saturated rings. The number of nitrogens with zero attached hydrogens (tertiary/aromatic N) is 4. The van der Waals surface area contributed by atoms with Crippen molar-refractivity contribution in [3.8, 4) is 0 Å². The van der Waals surface area contributed by atoms with Crippen LogP contribution in [0, 0.1) is 20.8 Å². The summed E-state index contributed by atoms with van der Waals surface area (Å²) in [5.41, 5.74) is 4.23. The largest absolute Gasteiger partial charge is 0.355 e. The summed E-state index contributed by atoms with van der Waals surface area (Å²) in [6.07, 6.45) is 3.03. The van der Waals surface area contributed by atoms with Crippen molar-refractivity contribution in [3.05, 3.63) is 46.8 Å². The summed E-state index contributed by atoms with van der Waals surface area (Å²) in [4.78, 5) is 22.4. The molecule has 148 valence electrons. The van der Waals surface area contributed by atoms with Gasteiger partial charge in [-0.3, -0.25) is 4.79 Å². The van der Waals surface area contributed by atoms with Crippen molar-refractivity contribution in [3.63, 3.8) is 0 Å². The van der Waals surface area contributed by atoms with Gasteiger partial charge in [-0.1, -0.05) is 29.5 Å². The molecule has 0 unspecified atom stereocenters. The highest BCUT2D eigenvalue weighted by Gasteiger charge is 2.14. The first-order chi connectivity index (χ1) is 13.5. The second-order valence-corrected chi connectivity index (χ2v) is 8.52. The number of hydrogen-bond acceptors (Lipinski definition) is 6. The fourth-order valence-electron chi connectivity index (χ4n) is 2.96. The zero-order valence-corrected chi connectivity index (χ0v) is 18.3. The lowest BCUT2D eigenvalue weighted by atomic mass is 10.1. The summed E-state index contributed by atoms with van der Waals surface area (Å²) < 4.78 is 1.77. The lowest BCUT2D eigenvalue weighted by Crippen LogP contribution is -2.26. The number of nitrogens with one attached hydrogen (secondary N) is 1. The molecule has 0 atom stereocenters.